The van der Waals surface area contributed by atoms with E-state index < -0.39 is 22.4 Å². The average molecular weight is 317 g/mol. The van der Waals surface area contributed by atoms with Crippen LogP contribution in [0, 0.1) is 27.6 Å². The third-order valence-corrected chi connectivity index (χ3v) is 3.01. The van der Waals surface area contributed by atoms with Gasteiger partial charge in [-0.25, -0.2) is 13.2 Å². The fraction of sp³-hybridized carbons (Fsp3) is 0.0769. The van der Waals surface area contributed by atoms with Crippen LogP contribution in [0.2, 0.25) is 5.02 Å². The quantitative estimate of drug-likeness (QED) is 0.520. The lowest BCUT2D eigenvalue weighted by Gasteiger charge is -2.08. The molecule has 0 aromatic heterocycles. The molecule has 0 heterocycles. The molecule has 0 saturated carbocycles. The Labute approximate surface area is 122 Å². The van der Waals surface area contributed by atoms with Crippen LogP contribution in [0.5, 0.6) is 0 Å². The van der Waals surface area contributed by atoms with Crippen LogP contribution in [0.15, 0.2) is 30.3 Å². The van der Waals surface area contributed by atoms with Crippen LogP contribution in [-0.4, -0.2) is 4.92 Å². The third kappa shape index (κ3) is 3.43. The van der Waals surface area contributed by atoms with Crippen molar-refractivity contribution in [1.82, 2.24) is 0 Å². The van der Waals surface area contributed by atoms with Gasteiger partial charge in [-0.1, -0.05) is 17.7 Å². The minimum atomic E-state index is -1.55. The van der Waals surface area contributed by atoms with E-state index >= 15 is 0 Å². The van der Waals surface area contributed by atoms with Crippen molar-refractivity contribution >= 4 is 23.0 Å². The number of rotatable bonds is 4. The zero-order valence-corrected chi connectivity index (χ0v) is 11.1. The zero-order valence-electron chi connectivity index (χ0n) is 10.4. The highest BCUT2D eigenvalue weighted by atomic mass is 35.5. The highest BCUT2D eigenvalue weighted by Gasteiger charge is 2.13. The molecule has 0 fully saturated rings. The number of nitrogens with zero attached hydrogens (tertiary/aromatic N) is 1. The first kappa shape index (κ1) is 15.1. The molecule has 4 nitrogen and oxygen atoms in total. The molecule has 0 aliphatic carbocycles. The Kier molecular flexibility index (Phi) is 4.32. The normalized spacial score (nSPS) is 10.5. The van der Waals surface area contributed by atoms with Crippen molar-refractivity contribution in [2.24, 2.45) is 0 Å². The van der Waals surface area contributed by atoms with Crippen molar-refractivity contribution in [1.29, 1.82) is 0 Å². The molecule has 0 bridgehead atoms. The summed E-state index contributed by atoms with van der Waals surface area (Å²) in [6, 6.07) is 5.71. The van der Waals surface area contributed by atoms with Crippen molar-refractivity contribution in [2.75, 3.05) is 5.32 Å². The van der Waals surface area contributed by atoms with Gasteiger partial charge in [0.1, 0.15) is 5.02 Å². The van der Waals surface area contributed by atoms with Crippen LogP contribution in [0.1, 0.15) is 5.56 Å². The molecule has 110 valence electrons. The lowest BCUT2D eigenvalue weighted by atomic mass is 10.2. The molecule has 1 N–H and O–H groups in total. The van der Waals surface area contributed by atoms with Gasteiger partial charge in [-0.3, -0.25) is 10.1 Å². The smallest absolute Gasteiger partial charge is 0.288 e. The standard InChI is InChI=1S/C13H8ClF3N2O2/c14-9-2-1-7(3-12(9)19(20)21)6-18-8-4-10(15)13(17)11(16)5-8/h1-5,18H,6H2. The fourth-order valence-corrected chi connectivity index (χ4v) is 1.86. The lowest BCUT2D eigenvalue weighted by molar-refractivity contribution is -0.384. The molecule has 0 aliphatic heterocycles. The molecule has 2 rings (SSSR count). The molecule has 21 heavy (non-hydrogen) atoms. The van der Waals surface area contributed by atoms with Gasteiger partial charge < -0.3 is 5.32 Å². The van der Waals surface area contributed by atoms with Gasteiger partial charge in [0.25, 0.3) is 5.69 Å². The van der Waals surface area contributed by atoms with E-state index in [1.807, 2.05) is 0 Å². The van der Waals surface area contributed by atoms with Crippen LogP contribution < -0.4 is 5.32 Å². The Morgan fingerprint density at radius 3 is 2.33 bits per heavy atom. The number of nitrogens with one attached hydrogen (secondary N) is 1. The summed E-state index contributed by atoms with van der Waals surface area (Å²) in [6.45, 7) is 0.0581. The molecule has 0 radical (unpaired) electrons. The molecular formula is C13H8ClF3N2O2. The van der Waals surface area contributed by atoms with E-state index in [9.17, 15) is 23.3 Å². The van der Waals surface area contributed by atoms with Crippen molar-refractivity contribution in [3.05, 3.63) is 68.5 Å². The Balaban J connectivity index is 2.17. The molecule has 0 unspecified atom stereocenters. The minimum absolute atomic E-state index is 0.0115. The first-order chi connectivity index (χ1) is 9.88. The van der Waals surface area contributed by atoms with Gasteiger partial charge in [-0.15, -0.1) is 0 Å². The Morgan fingerprint density at radius 2 is 1.76 bits per heavy atom. The fourth-order valence-electron chi connectivity index (χ4n) is 1.67. The minimum Gasteiger partial charge on any atom is -0.381 e. The molecule has 0 saturated heterocycles. The predicted octanol–water partition coefficient (Wildman–Crippen LogP) is 4.28. The monoisotopic (exact) mass is 316 g/mol. The van der Waals surface area contributed by atoms with Gasteiger partial charge in [-0.05, 0) is 11.6 Å². The molecule has 0 amide bonds. The second-order valence-corrected chi connectivity index (χ2v) is 4.56. The lowest BCUT2D eigenvalue weighted by Crippen LogP contribution is -2.02. The van der Waals surface area contributed by atoms with Crippen LogP contribution in [0.4, 0.5) is 24.5 Å². The summed E-state index contributed by atoms with van der Waals surface area (Å²) in [7, 11) is 0. The molecule has 0 spiro atoms. The summed E-state index contributed by atoms with van der Waals surface area (Å²) >= 11 is 5.66. The molecule has 0 atom stereocenters. The topological polar surface area (TPSA) is 55.2 Å². The van der Waals surface area contributed by atoms with Gasteiger partial charge in [0, 0.05) is 30.4 Å². The maximum atomic E-state index is 13.0. The largest absolute Gasteiger partial charge is 0.381 e. The van der Waals surface area contributed by atoms with E-state index in [1.165, 1.54) is 18.2 Å². The van der Waals surface area contributed by atoms with Crippen molar-refractivity contribution in [3.63, 3.8) is 0 Å². The number of nitro benzene ring substituents is 1. The van der Waals surface area contributed by atoms with Gasteiger partial charge in [0.2, 0.25) is 0 Å². The van der Waals surface area contributed by atoms with E-state index in [0.29, 0.717) is 5.56 Å². The van der Waals surface area contributed by atoms with E-state index in [2.05, 4.69) is 5.32 Å². The maximum absolute atomic E-state index is 13.0. The number of anilines is 1. The number of nitro groups is 1. The van der Waals surface area contributed by atoms with Gasteiger partial charge in [0.15, 0.2) is 17.5 Å². The summed E-state index contributed by atoms with van der Waals surface area (Å²) < 4.78 is 38.8. The molecular weight excluding hydrogens is 309 g/mol. The summed E-state index contributed by atoms with van der Waals surface area (Å²) in [5.41, 5.74) is 0.229. The molecule has 2 aromatic rings. The first-order valence-corrected chi connectivity index (χ1v) is 6.07. The molecule has 2 aromatic carbocycles. The summed E-state index contributed by atoms with van der Waals surface area (Å²) in [5, 5.41) is 13.4. The predicted molar refractivity (Wildman–Crippen MR) is 71.7 cm³/mol. The average Bonchev–Trinajstić information content (AvgIpc) is 2.43. The first-order valence-electron chi connectivity index (χ1n) is 5.69. The number of halogens is 4. The van der Waals surface area contributed by atoms with Crippen LogP contribution in [0.25, 0.3) is 0 Å². The van der Waals surface area contributed by atoms with E-state index in [0.717, 1.165) is 12.1 Å². The molecule has 8 heteroatoms. The number of hydrogen-bond acceptors (Lipinski definition) is 3. The van der Waals surface area contributed by atoms with E-state index in [4.69, 9.17) is 11.6 Å². The highest BCUT2D eigenvalue weighted by molar-refractivity contribution is 6.32. The van der Waals surface area contributed by atoms with Crippen LogP contribution in [-0.2, 0) is 6.54 Å². The zero-order chi connectivity index (χ0) is 15.6. The Morgan fingerprint density at radius 1 is 1.14 bits per heavy atom. The third-order valence-electron chi connectivity index (χ3n) is 2.69. The molecule has 0 aliphatic rings. The van der Waals surface area contributed by atoms with Gasteiger partial charge in [0.05, 0.1) is 4.92 Å². The van der Waals surface area contributed by atoms with Gasteiger partial charge >= 0.3 is 0 Å². The van der Waals surface area contributed by atoms with Crippen molar-refractivity contribution in [3.8, 4) is 0 Å². The SMILES string of the molecule is O=[N+]([O-])c1cc(CNc2cc(F)c(F)c(F)c2)ccc1Cl. The van der Waals surface area contributed by atoms with Crippen molar-refractivity contribution in [2.45, 2.75) is 6.54 Å². The second kappa shape index (κ2) is 6.01. The maximum Gasteiger partial charge on any atom is 0.288 e. The number of hydrogen-bond donors (Lipinski definition) is 1. The van der Waals surface area contributed by atoms with Gasteiger partial charge in [-0.2, -0.15) is 0 Å². The van der Waals surface area contributed by atoms with E-state index in [1.54, 1.807) is 0 Å². The Bertz CT molecular complexity index is 687. The Hall–Kier alpha value is -2.28. The summed E-state index contributed by atoms with van der Waals surface area (Å²) in [5.74, 6) is -4.19. The van der Waals surface area contributed by atoms with E-state index in [-0.39, 0.29) is 22.9 Å². The second-order valence-electron chi connectivity index (χ2n) is 4.15. The van der Waals surface area contributed by atoms with Crippen LogP contribution >= 0.6 is 11.6 Å². The summed E-state index contributed by atoms with van der Waals surface area (Å²) in [4.78, 5) is 10.1. The van der Waals surface area contributed by atoms with Crippen LogP contribution in [0.3, 0.4) is 0 Å². The highest BCUT2D eigenvalue weighted by Crippen LogP contribution is 2.25. The summed E-state index contributed by atoms with van der Waals surface area (Å²) in [6.07, 6.45) is 0. The van der Waals surface area contributed by atoms with Crippen molar-refractivity contribution < 1.29 is 18.1 Å². The number of benzene rings is 2.